The average molecular weight is 283 g/mol. The maximum atomic E-state index is 12.9. The largest absolute Gasteiger partial charge is 0.480 e. The molecule has 1 atom stereocenters. The normalized spacial score (nSPS) is 11.4. The minimum absolute atomic E-state index is 0.124. The highest BCUT2D eigenvalue weighted by molar-refractivity contribution is 5.92. The molecule has 8 heteroatoms. The van der Waals surface area contributed by atoms with Crippen LogP contribution in [0, 0.1) is 5.82 Å². The number of carbonyl (C=O) groups is 3. The second-order valence-corrected chi connectivity index (χ2v) is 4.00. The number of carbonyl (C=O) groups excluding carboxylic acids is 2. The van der Waals surface area contributed by atoms with Crippen molar-refractivity contribution < 1.29 is 23.9 Å². The van der Waals surface area contributed by atoms with Gasteiger partial charge in [0.2, 0.25) is 5.91 Å². The van der Waals surface area contributed by atoms with Crippen molar-refractivity contribution in [3.63, 3.8) is 0 Å². The van der Waals surface area contributed by atoms with Gasteiger partial charge in [-0.3, -0.25) is 4.79 Å². The zero-order chi connectivity index (χ0) is 15.1. The lowest BCUT2D eigenvalue weighted by molar-refractivity contribution is -0.139. The Morgan fingerprint density at radius 3 is 2.60 bits per heavy atom. The van der Waals surface area contributed by atoms with Crippen LogP contribution in [0.5, 0.6) is 0 Å². The first kappa shape index (κ1) is 15.4. The predicted octanol–water partition coefficient (Wildman–Crippen LogP) is 0.666. The van der Waals surface area contributed by atoms with E-state index in [0.29, 0.717) is 0 Å². The Morgan fingerprint density at radius 1 is 1.35 bits per heavy atom. The van der Waals surface area contributed by atoms with Crippen molar-refractivity contribution in [3.05, 3.63) is 30.1 Å². The summed E-state index contributed by atoms with van der Waals surface area (Å²) < 4.78 is 12.9. The zero-order valence-electron chi connectivity index (χ0n) is 10.4. The van der Waals surface area contributed by atoms with E-state index in [9.17, 15) is 18.8 Å². The molecule has 1 aromatic carbocycles. The van der Waals surface area contributed by atoms with Crippen molar-refractivity contribution in [2.45, 2.75) is 18.9 Å². The van der Waals surface area contributed by atoms with Gasteiger partial charge in [0.05, 0.1) is 0 Å². The number of nitrogens with two attached hydrogens (primary N) is 1. The van der Waals surface area contributed by atoms with Gasteiger partial charge in [0.15, 0.2) is 0 Å². The van der Waals surface area contributed by atoms with Crippen molar-refractivity contribution >= 4 is 23.6 Å². The van der Waals surface area contributed by atoms with Crippen molar-refractivity contribution in [3.8, 4) is 0 Å². The molecule has 7 nitrogen and oxygen atoms in total. The van der Waals surface area contributed by atoms with Gasteiger partial charge in [0, 0.05) is 12.1 Å². The molecule has 5 N–H and O–H groups in total. The molecule has 0 bridgehead atoms. The molecule has 1 aromatic rings. The number of rotatable bonds is 6. The van der Waals surface area contributed by atoms with Gasteiger partial charge in [0.1, 0.15) is 11.9 Å². The zero-order valence-corrected chi connectivity index (χ0v) is 10.4. The van der Waals surface area contributed by atoms with E-state index < -0.39 is 29.8 Å². The smallest absolute Gasteiger partial charge is 0.326 e. The molecule has 0 fully saturated rings. The number of carboxylic acid groups (broad SMARTS) is 1. The highest BCUT2D eigenvalue weighted by Gasteiger charge is 2.20. The summed E-state index contributed by atoms with van der Waals surface area (Å²) in [6.07, 6.45) is -0.293. The Kier molecular flexibility index (Phi) is 5.45. The Morgan fingerprint density at radius 2 is 2.05 bits per heavy atom. The van der Waals surface area contributed by atoms with Crippen LogP contribution in [0.4, 0.5) is 14.9 Å². The Balaban J connectivity index is 2.57. The first-order valence-electron chi connectivity index (χ1n) is 5.72. The summed E-state index contributed by atoms with van der Waals surface area (Å²) in [6.45, 7) is 0. The lowest BCUT2D eigenvalue weighted by Crippen LogP contribution is -2.43. The molecule has 0 saturated heterocycles. The summed E-state index contributed by atoms with van der Waals surface area (Å²) in [5.41, 5.74) is 5.09. The van der Waals surface area contributed by atoms with Crippen molar-refractivity contribution in [2.24, 2.45) is 5.73 Å². The fraction of sp³-hybridized carbons (Fsp3) is 0.250. The van der Waals surface area contributed by atoms with Crippen molar-refractivity contribution in [1.82, 2.24) is 5.32 Å². The summed E-state index contributed by atoms with van der Waals surface area (Å²) in [7, 11) is 0. The maximum Gasteiger partial charge on any atom is 0.326 e. The molecule has 0 aliphatic carbocycles. The first-order chi connectivity index (χ1) is 9.38. The molecule has 0 spiro atoms. The number of nitrogens with one attached hydrogen (secondary N) is 2. The van der Waals surface area contributed by atoms with Gasteiger partial charge in [-0.2, -0.15) is 0 Å². The van der Waals surface area contributed by atoms with Crippen LogP contribution in [-0.2, 0) is 9.59 Å². The van der Waals surface area contributed by atoms with E-state index in [-0.39, 0.29) is 18.5 Å². The molecule has 0 radical (unpaired) electrons. The van der Waals surface area contributed by atoms with Crippen LogP contribution in [0.2, 0.25) is 0 Å². The molecular formula is C12H14FN3O4. The highest BCUT2D eigenvalue weighted by Crippen LogP contribution is 2.09. The van der Waals surface area contributed by atoms with E-state index in [1.807, 2.05) is 0 Å². The molecule has 0 aromatic heterocycles. The highest BCUT2D eigenvalue weighted by atomic mass is 19.1. The lowest BCUT2D eigenvalue weighted by atomic mass is 10.1. The SMILES string of the molecule is NC(=O)CC[C@@H](NC(=O)Nc1cccc(F)c1)C(=O)O. The summed E-state index contributed by atoms with van der Waals surface area (Å²) in [5, 5.41) is 13.3. The standard InChI is InChI=1S/C12H14FN3O4/c13-7-2-1-3-8(6-7)15-12(20)16-9(11(18)19)4-5-10(14)17/h1-3,6,9H,4-5H2,(H2,14,17)(H,18,19)(H2,15,16,20)/t9-/m1/s1. The Hall–Kier alpha value is -2.64. The third-order valence-electron chi connectivity index (χ3n) is 2.37. The van der Waals surface area contributed by atoms with Gasteiger partial charge in [0.25, 0.3) is 0 Å². The number of halogens is 1. The molecule has 20 heavy (non-hydrogen) atoms. The summed E-state index contributed by atoms with van der Waals surface area (Å²) in [5.74, 6) is -2.49. The number of urea groups is 1. The molecule has 0 unspecified atom stereocenters. The molecule has 108 valence electrons. The minimum Gasteiger partial charge on any atom is -0.480 e. The Bertz CT molecular complexity index is 521. The molecular weight excluding hydrogens is 269 g/mol. The number of amides is 3. The van der Waals surface area contributed by atoms with Crippen LogP contribution in [0.3, 0.4) is 0 Å². The van der Waals surface area contributed by atoms with Gasteiger partial charge < -0.3 is 21.5 Å². The molecule has 3 amide bonds. The van der Waals surface area contributed by atoms with E-state index in [0.717, 1.165) is 6.07 Å². The summed E-state index contributed by atoms with van der Waals surface area (Å²) in [4.78, 5) is 33.1. The number of aliphatic carboxylic acids is 1. The number of primary amides is 1. The number of hydrogen-bond acceptors (Lipinski definition) is 3. The quantitative estimate of drug-likeness (QED) is 0.612. The van der Waals surface area contributed by atoms with E-state index in [4.69, 9.17) is 10.8 Å². The van der Waals surface area contributed by atoms with Gasteiger partial charge in [-0.05, 0) is 24.6 Å². The average Bonchev–Trinajstić information content (AvgIpc) is 2.33. The number of hydrogen-bond donors (Lipinski definition) is 4. The maximum absolute atomic E-state index is 12.9. The lowest BCUT2D eigenvalue weighted by Gasteiger charge is -2.14. The van der Waals surface area contributed by atoms with E-state index >= 15 is 0 Å². The Labute approximate surface area is 114 Å². The predicted molar refractivity (Wildman–Crippen MR) is 68.4 cm³/mol. The fourth-order valence-corrected chi connectivity index (χ4v) is 1.44. The number of carboxylic acids is 1. The molecule has 0 aliphatic rings. The van der Waals surface area contributed by atoms with Crippen molar-refractivity contribution in [2.75, 3.05) is 5.32 Å². The number of benzene rings is 1. The summed E-state index contributed by atoms with van der Waals surface area (Å²) >= 11 is 0. The molecule has 0 saturated carbocycles. The van der Waals surface area contributed by atoms with E-state index in [1.54, 1.807) is 0 Å². The van der Waals surface area contributed by atoms with Crippen LogP contribution < -0.4 is 16.4 Å². The van der Waals surface area contributed by atoms with Crippen LogP contribution in [-0.4, -0.2) is 29.1 Å². The van der Waals surface area contributed by atoms with Crippen LogP contribution >= 0.6 is 0 Å². The van der Waals surface area contributed by atoms with Crippen molar-refractivity contribution in [1.29, 1.82) is 0 Å². The van der Waals surface area contributed by atoms with Gasteiger partial charge in [-0.1, -0.05) is 6.07 Å². The summed E-state index contributed by atoms with van der Waals surface area (Å²) in [6, 6.07) is 3.06. The molecule has 0 heterocycles. The second kappa shape index (κ2) is 7.07. The van der Waals surface area contributed by atoms with E-state index in [2.05, 4.69) is 10.6 Å². The van der Waals surface area contributed by atoms with E-state index in [1.165, 1.54) is 18.2 Å². The van der Waals surface area contributed by atoms with Crippen LogP contribution in [0.25, 0.3) is 0 Å². The topological polar surface area (TPSA) is 122 Å². The van der Waals surface area contributed by atoms with Crippen LogP contribution in [0.15, 0.2) is 24.3 Å². The van der Waals surface area contributed by atoms with Gasteiger partial charge in [-0.15, -0.1) is 0 Å². The monoisotopic (exact) mass is 283 g/mol. The molecule has 1 rings (SSSR count). The minimum atomic E-state index is -1.29. The molecule has 0 aliphatic heterocycles. The van der Waals surface area contributed by atoms with Crippen LogP contribution in [0.1, 0.15) is 12.8 Å². The third-order valence-corrected chi connectivity index (χ3v) is 2.37. The number of anilines is 1. The van der Waals surface area contributed by atoms with Gasteiger partial charge in [-0.25, -0.2) is 14.0 Å². The first-order valence-corrected chi connectivity index (χ1v) is 5.72. The van der Waals surface area contributed by atoms with Gasteiger partial charge >= 0.3 is 12.0 Å². The third kappa shape index (κ3) is 5.34. The second-order valence-electron chi connectivity index (χ2n) is 4.00. The fourth-order valence-electron chi connectivity index (χ4n) is 1.44.